The van der Waals surface area contributed by atoms with Crippen LogP contribution < -0.4 is 5.32 Å². The molecule has 7 heteroatoms. The minimum absolute atomic E-state index is 0.00850. The molecule has 0 radical (unpaired) electrons. The molecule has 2 fully saturated rings. The van der Waals surface area contributed by atoms with Crippen LogP contribution in [0.15, 0.2) is 51.1 Å². The Kier molecular flexibility index (Phi) is 10.3. The van der Waals surface area contributed by atoms with E-state index in [1.165, 1.54) is 57.4 Å². The Morgan fingerprint density at radius 2 is 1.55 bits per heavy atom. The highest BCUT2D eigenvalue weighted by Crippen LogP contribution is 2.38. The largest absolute Gasteiger partial charge is 0.465 e. The summed E-state index contributed by atoms with van der Waals surface area (Å²) in [5.74, 6) is -0.344. The van der Waals surface area contributed by atoms with E-state index >= 15 is 0 Å². The first-order chi connectivity index (χ1) is 16.0. The number of rotatable bonds is 8. The quantitative estimate of drug-likeness (QED) is 0.307. The van der Waals surface area contributed by atoms with Crippen LogP contribution in [0, 0.1) is 0 Å². The van der Waals surface area contributed by atoms with E-state index in [0.717, 1.165) is 34.8 Å². The van der Waals surface area contributed by atoms with Gasteiger partial charge in [-0.2, -0.15) is 0 Å². The maximum Gasteiger partial charge on any atom is 0.337 e. The van der Waals surface area contributed by atoms with Crippen molar-refractivity contribution >= 4 is 35.5 Å². The molecule has 0 bridgehead atoms. The maximum absolute atomic E-state index is 13.4. The molecule has 180 valence electrons. The number of hydrogen-bond donors (Lipinski definition) is 1. The zero-order valence-electron chi connectivity index (χ0n) is 19.8. The van der Waals surface area contributed by atoms with Gasteiger partial charge in [0.25, 0.3) is 0 Å². The van der Waals surface area contributed by atoms with Crippen molar-refractivity contribution < 1.29 is 14.3 Å². The fraction of sp³-hybridized carbons (Fsp3) is 0.538. The number of hydrogen-bond acceptors (Lipinski definition) is 5. The number of thioether (sulfide) groups is 2. The van der Waals surface area contributed by atoms with Crippen molar-refractivity contribution in [2.24, 2.45) is 0 Å². The third kappa shape index (κ3) is 7.57. The van der Waals surface area contributed by atoms with E-state index in [2.05, 4.69) is 16.8 Å². The lowest BCUT2D eigenvalue weighted by Crippen LogP contribution is -2.52. The number of esters is 1. The summed E-state index contributed by atoms with van der Waals surface area (Å²) in [6, 6.07) is 8.03. The zero-order valence-corrected chi connectivity index (χ0v) is 21.4. The molecule has 3 rings (SSSR count). The van der Waals surface area contributed by atoms with E-state index < -0.39 is 0 Å². The molecule has 2 aliphatic rings. The lowest BCUT2D eigenvalue weighted by Gasteiger charge is -2.41. The second-order valence-electron chi connectivity index (χ2n) is 8.67. The van der Waals surface area contributed by atoms with Crippen molar-refractivity contribution in [2.75, 3.05) is 7.11 Å². The molecular formula is C26H36N2O3S2. The molecule has 5 nitrogen and oxygen atoms in total. The van der Waals surface area contributed by atoms with Crippen LogP contribution in [0.1, 0.15) is 81.5 Å². The van der Waals surface area contributed by atoms with Crippen LogP contribution in [0.3, 0.4) is 0 Å². The van der Waals surface area contributed by atoms with Crippen LogP contribution in [0.2, 0.25) is 0 Å². The highest BCUT2D eigenvalue weighted by molar-refractivity contribution is 8.23. The Morgan fingerprint density at radius 3 is 2.03 bits per heavy atom. The Labute approximate surface area is 206 Å². The summed E-state index contributed by atoms with van der Waals surface area (Å²) in [6.45, 7) is 6.11. The van der Waals surface area contributed by atoms with Crippen molar-refractivity contribution in [3.8, 4) is 0 Å². The normalized spacial score (nSPS) is 17.9. The minimum atomic E-state index is -0.344. The molecule has 0 spiro atoms. The van der Waals surface area contributed by atoms with E-state index in [4.69, 9.17) is 4.74 Å². The van der Waals surface area contributed by atoms with Crippen LogP contribution in [-0.4, -0.2) is 36.1 Å². The van der Waals surface area contributed by atoms with Crippen molar-refractivity contribution in [1.29, 1.82) is 0 Å². The van der Waals surface area contributed by atoms with Gasteiger partial charge < -0.3 is 15.0 Å². The molecular weight excluding hydrogens is 452 g/mol. The standard InChI is InChI=1S/C26H36N2O3S2/c1-4-24(33-23-17-15-20(16-18-23)25(29)31-3)32-19(2)27-26(30)28(21-11-7-5-8-12-21)22-13-9-6-10-14-22/h4,15-18,21-22H,2,5-14H2,1,3H3,(H,27,30)/b24-4+. The average Bonchev–Trinajstić information content (AvgIpc) is 2.85. The van der Waals surface area contributed by atoms with Gasteiger partial charge in [0.2, 0.25) is 0 Å². The summed E-state index contributed by atoms with van der Waals surface area (Å²) in [4.78, 5) is 28.2. The van der Waals surface area contributed by atoms with Crippen molar-refractivity contribution in [1.82, 2.24) is 10.2 Å². The lowest BCUT2D eigenvalue weighted by atomic mass is 9.89. The van der Waals surface area contributed by atoms with E-state index in [-0.39, 0.29) is 12.0 Å². The van der Waals surface area contributed by atoms with Crippen LogP contribution in [0.4, 0.5) is 4.79 Å². The number of methoxy groups -OCH3 is 1. The zero-order chi connectivity index (χ0) is 23.6. The number of carbonyl (C=O) groups excluding carboxylic acids is 2. The molecule has 0 aromatic heterocycles. The van der Waals surface area contributed by atoms with Gasteiger partial charge in [-0.1, -0.05) is 74.7 Å². The fourth-order valence-electron chi connectivity index (χ4n) is 4.71. The molecule has 1 aromatic carbocycles. The smallest absolute Gasteiger partial charge is 0.337 e. The molecule has 1 aromatic rings. The molecule has 2 amide bonds. The van der Waals surface area contributed by atoms with Gasteiger partial charge in [0.05, 0.1) is 17.7 Å². The molecule has 2 saturated carbocycles. The van der Waals surface area contributed by atoms with Crippen molar-refractivity contribution in [3.63, 3.8) is 0 Å². The Hall–Kier alpha value is -1.86. The lowest BCUT2D eigenvalue weighted by molar-refractivity contribution is 0.0600. The summed E-state index contributed by atoms with van der Waals surface area (Å²) >= 11 is 3.06. The van der Waals surface area contributed by atoms with Gasteiger partial charge >= 0.3 is 12.0 Å². The Morgan fingerprint density at radius 1 is 1.00 bits per heavy atom. The van der Waals surface area contributed by atoms with Gasteiger partial charge in [-0.25, -0.2) is 9.59 Å². The summed E-state index contributed by atoms with van der Waals surface area (Å²) in [7, 11) is 1.38. The van der Waals surface area contributed by atoms with Gasteiger partial charge in [-0.05, 0) is 56.9 Å². The average molecular weight is 489 g/mol. The summed E-state index contributed by atoms with van der Waals surface area (Å²) in [6.07, 6.45) is 13.9. The third-order valence-electron chi connectivity index (χ3n) is 6.37. The van der Waals surface area contributed by atoms with E-state index in [0.29, 0.717) is 22.7 Å². The number of amides is 2. The number of benzene rings is 1. The summed E-state index contributed by atoms with van der Waals surface area (Å²) < 4.78 is 5.78. The van der Waals surface area contributed by atoms with Gasteiger partial charge in [0.1, 0.15) is 0 Å². The number of nitrogens with one attached hydrogen (secondary N) is 1. The monoisotopic (exact) mass is 488 g/mol. The molecule has 2 aliphatic carbocycles. The van der Waals surface area contributed by atoms with Crippen molar-refractivity contribution in [3.05, 3.63) is 51.8 Å². The van der Waals surface area contributed by atoms with Crippen LogP contribution in [-0.2, 0) is 4.74 Å². The Bertz CT molecular complexity index is 824. The summed E-state index contributed by atoms with van der Waals surface area (Å²) in [5, 5.41) is 3.74. The first-order valence-corrected chi connectivity index (χ1v) is 13.6. The van der Waals surface area contributed by atoms with Crippen LogP contribution in [0.5, 0.6) is 0 Å². The number of urea groups is 1. The first-order valence-electron chi connectivity index (χ1n) is 12.0. The highest BCUT2D eigenvalue weighted by Gasteiger charge is 2.32. The number of allylic oxidation sites excluding steroid dienone is 1. The van der Waals surface area contributed by atoms with Crippen LogP contribution in [0.25, 0.3) is 0 Å². The topological polar surface area (TPSA) is 58.6 Å². The van der Waals surface area contributed by atoms with Gasteiger partial charge in [-0.15, -0.1) is 0 Å². The van der Waals surface area contributed by atoms with Gasteiger partial charge in [0.15, 0.2) is 0 Å². The third-order valence-corrected chi connectivity index (χ3v) is 8.60. The second kappa shape index (κ2) is 13.1. The number of nitrogens with zero attached hydrogens (tertiary/aromatic N) is 1. The molecule has 0 unspecified atom stereocenters. The van der Waals surface area contributed by atoms with E-state index in [1.807, 2.05) is 25.1 Å². The minimum Gasteiger partial charge on any atom is -0.465 e. The second-order valence-corrected chi connectivity index (χ2v) is 11.2. The van der Waals surface area contributed by atoms with Gasteiger partial charge in [0, 0.05) is 21.2 Å². The highest BCUT2D eigenvalue weighted by atomic mass is 32.2. The van der Waals surface area contributed by atoms with Crippen LogP contribution >= 0.6 is 23.5 Å². The van der Waals surface area contributed by atoms with Crippen molar-refractivity contribution in [2.45, 2.75) is 88.1 Å². The first kappa shape index (κ1) is 25.8. The van der Waals surface area contributed by atoms with E-state index in [9.17, 15) is 9.59 Å². The maximum atomic E-state index is 13.4. The number of ether oxygens (including phenoxy) is 1. The molecule has 0 saturated heterocycles. The molecule has 0 atom stereocenters. The van der Waals surface area contributed by atoms with E-state index in [1.54, 1.807) is 23.9 Å². The fourth-order valence-corrected chi connectivity index (χ4v) is 6.59. The molecule has 0 aliphatic heterocycles. The Balaban J connectivity index is 1.59. The SMILES string of the molecule is C=C(NC(=O)N(C1CCCCC1)C1CCCCC1)S/C(=C\C)Sc1ccc(C(=O)OC)cc1. The molecule has 1 N–H and O–H groups in total. The van der Waals surface area contributed by atoms with Gasteiger partial charge in [-0.3, -0.25) is 0 Å². The predicted molar refractivity (Wildman–Crippen MR) is 138 cm³/mol. The number of carbonyl (C=O) groups is 2. The predicted octanol–water partition coefficient (Wildman–Crippen LogP) is 7.31. The molecule has 0 heterocycles. The molecule has 33 heavy (non-hydrogen) atoms. The summed E-state index contributed by atoms with van der Waals surface area (Å²) in [5.41, 5.74) is 0.527.